The van der Waals surface area contributed by atoms with Gasteiger partial charge >= 0.3 is 6.18 Å². The molecule has 0 amide bonds. The molecule has 0 aliphatic heterocycles. The second-order valence-corrected chi connectivity index (χ2v) is 5.73. The molecule has 1 rings (SSSR count). The van der Waals surface area contributed by atoms with E-state index in [9.17, 15) is 18.3 Å². The number of aliphatic hydroxyl groups is 1. The minimum absolute atomic E-state index is 0.338. The first-order chi connectivity index (χ1) is 9.10. The summed E-state index contributed by atoms with van der Waals surface area (Å²) >= 11 is 0. The molecule has 2 N–H and O–H groups in total. The van der Waals surface area contributed by atoms with Crippen molar-refractivity contribution < 1.29 is 18.3 Å². The van der Waals surface area contributed by atoms with Crippen LogP contribution < -0.4 is 5.32 Å². The van der Waals surface area contributed by atoms with E-state index in [-0.39, 0.29) is 0 Å². The third-order valence-electron chi connectivity index (χ3n) is 3.08. The summed E-state index contributed by atoms with van der Waals surface area (Å²) < 4.78 is 37.3. The number of halogens is 3. The van der Waals surface area contributed by atoms with Crippen LogP contribution in [0.5, 0.6) is 0 Å². The van der Waals surface area contributed by atoms with Crippen molar-refractivity contribution in [1.82, 2.24) is 5.32 Å². The summed E-state index contributed by atoms with van der Waals surface area (Å²) in [6.45, 7) is 6.41. The molecule has 0 bridgehead atoms. The molecule has 2 nitrogen and oxygen atoms in total. The van der Waals surface area contributed by atoms with E-state index in [0.717, 1.165) is 12.1 Å². The highest BCUT2D eigenvalue weighted by atomic mass is 19.4. The van der Waals surface area contributed by atoms with Crippen LogP contribution in [-0.4, -0.2) is 23.3 Å². The molecule has 0 heterocycles. The molecule has 114 valence electrons. The Bertz CT molecular complexity index is 410. The van der Waals surface area contributed by atoms with E-state index < -0.39 is 17.3 Å². The zero-order chi connectivity index (χ0) is 15.4. The fourth-order valence-electron chi connectivity index (χ4n) is 1.97. The molecule has 1 atom stereocenters. The number of hydrogen-bond acceptors (Lipinski definition) is 2. The molecule has 1 aromatic carbocycles. The van der Waals surface area contributed by atoms with Crippen LogP contribution in [0.25, 0.3) is 0 Å². The Kier molecular flexibility index (Phi) is 5.59. The van der Waals surface area contributed by atoms with Crippen LogP contribution >= 0.6 is 0 Å². The van der Waals surface area contributed by atoms with Crippen LogP contribution in [0.15, 0.2) is 24.3 Å². The average molecular weight is 289 g/mol. The molecule has 5 heteroatoms. The van der Waals surface area contributed by atoms with Crippen molar-refractivity contribution in [3.63, 3.8) is 0 Å². The highest BCUT2D eigenvalue weighted by Gasteiger charge is 2.30. The molecule has 20 heavy (non-hydrogen) atoms. The van der Waals surface area contributed by atoms with E-state index in [2.05, 4.69) is 5.32 Å². The Hall–Kier alpha value is -1.07. The maximum atomic E-state index is 12.4. The van der Waals surface area contributed by atoms with Gasteiger partial charge in [-0.25, -0.2) is 0 Å². The largest absolute Gasteiger partial charge is 0.416 e. The van der Waals surface area contributed by atoms with Gasteiger partial charge in [0, 0.05) is 12.5 Å². The van der Waals surface area contributed by atoms with E-state index in [1.165, 1.54) is 12.1 Å². The SMILES string of the molecule is CC(C)NCCC(C)(O)Cc1ccc(C(F)(F)F)cc1. The monoisotopic (exact) mass is 289 g/mol. The minimum atomic E-state index is -4.32. The van der Waals surface area contributed by atoms with Gasteiger partial charge in [-0.05, 0) is 37.6 Å². The summed E-state index contributed by atoms with van der Waals surface area (Å²) in [6.07, 6.45) is -3.43. The van der Waals surface area contributed by atoms with Crippen LogP contribution in [0.3, 0.4) is 0 Å². The lowest BCUT2D eigenvalue weighted by Gasteiger charge is -2.24. The molecule has 0 spiro atoms. The highest BCUT2D eigenvalue weighted by molar-refractivity contribution is 5.25. The highest BCUT2D eigenvalue weighted by Crippen LogP contribution is 2.29. The normalized spacial score (nSPS) is 15.4. The molecule has 0 fully saturated rings. The quantitative estimate of drug-likeness (QED) is 0.841. The molecule has 0 aliphatic rings. The van der Waals surface area contributed by atoms with Gasteiger partial charge in [0.15, 0.2) is 0 Å². The van der Waals surface area contributed by atoms with Gasteiger partial charge in [-0.15, -0.1) is 0 Å². The van der Waals surface area contributed by atoms with Crippen LogP contribution in [-0.2, 0) is 12.6 Å². The first-order valence-corrected chi connectivity index (χ1v) is 6.72. The molecule has 1 unspecified atom stereocenters. The topological polar surface area (TPSA) is 32.3 Å². The van der Waals surface area contributed by atoms with Gasteiger partial charge in [0.05, 0.1) is 11.2 Å². The molecule has 0 aromatic heterocycles. The van der Waals surface area contributed by atoms with Crippen molar-refractivity contribution in [1.29, 1.82) is 0 Å². The van der Waals surface area contributed by atoms with Crippen LogP contribution in [0, 0.1) is 0 Å². The van der Waals surface area contributed by atoms with Crippen molar-refractivity contribution in [2.75, 3.05) is 6.54 Å². The minimum Gasteiger partial charge on any atom is -0.390 e. The third kappa shape index (κ3) is 5.92. The summed E-state index contributed by atoms with van der Waals surface area (Å²) in [7, 11) is 0. The van der Waals surface area contributed by atoms with Crippen molar-refractivity contribution in [3.8, 4) is 0 Å². The summed E-state index contributed by atoms with van der Waals surface area (Å²) in [5.41, 5.74) is -0.892. The first-order valence-electron chi connectivity index (χ1n) is 6.72. The average Bonchev–Trinajstić information content (AvgIpc) is 2.26. The second kappa shape index (κ2) is 6.59. The molecule has 0 saturated heterocycles. The smallest absolute Gasteiger partial charge is 0.390 e. The number of alkyl halides is 3. The van der Waals surface area contributed by atoms with E-state index in [4.69, 9.17) is 0 Å². The summed E-state index contributed by atoms with van der Waals surface area (Å²) in [5.74, 6) is 0. The van der Waals surface area contributed by atoms with Gasteiger partial charge in [-0.2, -0.15) is 13.2 Å². The van der Waals surface area contributed by atoms with E-state index in [1.54, 1.807) is 6.92 Å². The second-order valence-electron chi connectivity index (χ2n) is 5.73. The fraction of sp³-hybridized carbons (Fsp3) is 0.600. The molecular weight excluding hydrogens is 267 g/mol. The molecule has 0 radical (unpaired) electrons. The first kappa shape index (κ1) is 17.0. The Labute approximate surface area is 118 Å². The number of hydrogen-bond donors (Lipinski definition) is 2. The summed E-state index contributed by atoms with van der Waals surface area (Å²) in [4.78, 5) is 0. The molecule has 1 aromatic rings. The van der Waals surface area contributed by atoms with E-state index >= 15 is 0 Å². The van der Waals surface area contributed by atoms with Crippen molar-refractivity contribution in [2.45, 2.75) is 51.4 Å². The summed E-state index contributed by atoms with van der Waals surface area (Å²) in [5, 5.41) is 13.5. The van der Waals surface area contributed by atoms with Gasteiger partial charge in [0.2, 0.25) is 0 Å². The van der Waals surface area contributed by atoms with Gasteiger partial charge < -0.3 is 10.4 Å². The molecular formula is C15H22F3NO. The van der Waals surface area contributed by atoms with E-state index in [1.807, 2.05) is 13.8 Å². The van der Waals surface area contributed by atoms with Crippen LogP contribution in [0.1, 0.15) is 38.3 Å². The Balaban J connectivity index is 2.59. The molecule has 0 aliphatic carbocycles. The molecule has 0 saturated carbocycles. The van der Waals surface area contributed by atoms with Gasteiger partial charge in [0.25, 0.3) is 0 Å². The van der Waals surface area contributed by atoms with E-state index in [0.29, 0.717) is 31.0 Å². The lowest BCUT2D eigenvalue weighted by Crippen LogP contribution is -2.34. The van der Waals surface area contributed by atoms with Crippen molar-refractivity contribution >= 4 is 0 Å². The number of rotatable bonds is 6. The van der Waals surface area contributed by atoms with Gasteiger partial charge in [0.1, 0.15) is 0 Å². The van der Waals surface area contributed by atoms with Crippen LogP contribution in [0.4, 0.5) is 13.2 Å². The zero-order valence-electron chi connectivity index (χ0n) is 12.1. The fourth-order valence-corrected chi connectivity index (χ4v) is 1.97. The predicted octanol–water partition coefficient (Wildman–Crippen LogP) is 3.39. The lowest BCUT2D eigenvalue weighted by atomic mass is 9.92. The van der Waals surface area contributed by atoms with Gasteiger partial charge in [-0.3, -0.25) is 0 Å². The third-order valence-corrected chi connectivity index (χ3v) is 3.08. The zero-order valence-corrected chi connectivity index (χ0v) is 12.1. The Morgan fingerprint density at radius 3 is 2.15 bits per heavy atom. The lowest BCUT2D eigenvalue weighted by molar-refractivity contribution is -0.137. The van der Waals surface area contributed by atoms with Gasteiger partial charge in [-0.1, -0.05) is 26.0 Å². The van der Waals surface area contributed by atoms with Crippen LogP contribution in [0.2, 0.25) is 0 Å². The van der Waals surface area contributed by atoms with Crippen molar-refractivity contribution in [3.05, 3.63) is 35.4 Å². The maximum Gasteiger partial charge on any atom is 0.416 e. The standard InChI is InChI=1S/C15H22F3NO/c1-11(2)19-9-8-14(3,20)10-12-4-6-13(7-5-12)15(16,17)18/h4-7,11,19-20H,8-10H2,1-3H3. The Morgan fingerprint density at radius 2 is 1.70 bits per heavy atom. The van der Waals surface area contributed by atoms with Crippen molar-refractivity contribution in [2.24, 2.45) is 0 Å². The maximum absolute atomic E-state index is 12.4. The predicted molar refractivity (Wildman–Crippen MR) is 73.5 cm³/mol. The summed E-state index contributed by atoms with van der Waals surface area (Å²) in [6, 6.07) is 5.30. The number of nitrogens with one attached hydrogen (secondary N) is 1. The number of benzene rings is 1. The Morgan fingerprint density at radius 1 is 1.15 bits per heavy atom.